The van der Waals surface area contributed by atoms with E-state index in [1.165, 1.54) is 19.2 Å². The number of hydrogen-bond acceptors (Lipinski definition) is 2. The zero-order valence-electron chi connectivity index (χ0n) is 13.1. The molecule has 2 heterocycles. The predicted molar refractivity (Wildman–Crippen MR) is 92.1 cm³/mol. The molecule has 128 valence electrons. The van der Waals surface area contributed by atoms with Gasteiger partial charge in [0, 0.05) is 18.9 Å². The van der Waals surface area contributed by atoms with Gasteiger partial charge < -0.3 is 4.74 Å². The Morgan fingerprint density at radius 1 is 1.20 bits per heavy atom. The van der Waals surface area contributed by atoms with Gasteiger partial charge in [-0.25, -0.2) is 4.98 Å². The van der Waals surface area contributed by atoms with Crippen molar-refractivity contribution in [3.63, 3.8) is 0 Å². The number of nitrogens with zero attached hydrogens (tertiary/aromatic N) is 2. The summed E-state index contributed by atoms with van der Waals surface area (Å²) in [6.45, 7) is 0.168. The molecule has 0 N–H and O–H groups in total. The number of hydrogen-bond donors (Lipinski definition) is 0. The third kappa shape index (κ3) is 3.41. The quantitative estimate of drug-likeness (QED) is 0.570. The molecule has 0 radical (unpaired) electrons. The number of halogens is 4. The van der Waals surface area contributed by atoms with Crippen molar-refractivity contribution in [3.8, 4) is 23.1 Å². The van der Waals surface area contributed by atoms with Gasteiger partial charge in [-0.3, -0.25) is 4.40 Å². The Labute approximate surface area is 150 Å². The van der Waals surface area contributed by atoms with Crippen molar-refractivity contribution in [1.29, 1.82) is 0 Å². The van der Waals surface area contributed by atoms with E-state index in [0.29, 0.717) is 15.8 Å². The average molecular weight is 409 g/mol. The summed E-state index contributed by atoms with van der Waals surface area (Å²) in [6.07, 6.45) is -2.77. The first-order chi connectivity index (χ1) is 11.9. The monoisotopic (exact) mass is 408 g/mol. The van der Waals surface area contributed by atoms with E-state index in [2.05, 4.69) is 32.8 Å². The minimum absolute atomic E-state index is 0.00711. The summed E-state index contributed by atoms with van der Waals surface area (Å²) in [6, 6.07) is 8.89. The Bertz CT molecular complexity index is 983. The predicted octanol–water partition coefficient (Wildman–Crippen LogP) is 4.78. The van der Waals surface area contributed by atoms with Crippen LogP contribution in [-0.2, 0) is 10.9 Å². The fraction of sp³-hybridized carbons (Fsp3) is 0.167. The third-order valence-electron chi connectivity index (χ3n) is 3.51. The number of benzene rings is 1. The van der Waals surface area contributed by atoms with Crippen LogP contribution in [0.2, 0.25) is 0 Å². The fourth-order valence-corrected chi connectivity index (χ4v) is 2.90. The fourth-order valence-electron chi connectivity index (χ4n) is 2.47. The molecular formula is C18H12BrF3N2O. The van der Waals surface area contributed by atoms with Gasteiger partial charge in [-0.1, -0.05) is 24.1 Å². The Kier molecular flexibility index (Phi) is 4.84. The van der Waals surface area contributed by atoms with Crippen LogP contribution in [0.1, 0.15) is 11.3 Å². The highest BCUT2D eigenvalue weighted by molar-refractivity contribution is 9.10. The second-order valence-electron chi connectivity index (χ2n) is 5.14. The zero-order valence-corrected chi connectivity index (χ0v) is 14.6. The molecule has 0 amide bonds. The van der Waals surface area contributed by atoms with Crippen LogP contribution in [0.3, 0.4) is 0 Å². The maximum absolute atomic E-state index is 13.4. The summed E-state index contributed by atoms with van der Waals surface area (Å²) >= 11 is 3.38. The molecule has 1 aromatic carbocycles. The topological polar surface area (TPSA) is 26.5 Å². The Hall–Kier alpha value is -2.30. The second kappa shape index (κ2) is 6.90. The number of fused-ring (bicyclic) bond motifs is 1. The van der Waals surface area contributed by atoms with Crippen LogP contribution >= 0.6 is 15.9 Å². The lowest BCUT2D eigenvalue weighted by Gasteiger charge is -2.11. The molecule has 3 rings (SSSR count). The first-order valence-electron chi connectivity index (χ1n) is 7.24. The molecule has 0 fully saturated rings. The first-order valence-corrected chi connectivity index (χ1v) is 8.03. The normalized spacial score (nSPS) is 11.4. The molecule has 0 saturated heterocycles. The van der Waals surface area contributed by atoms with E-state index in [9.17, 15) is 13.2 Å². The highest BCUT2D eigenvalue weighted by Crippen LogP contribution is 2.38. The number of aromatic nitrogens is 2. The van der Waals surface area contributed by atoms with E-state index in [1.807, 2.05) is 0 Å². The van der Waals surface area contributed by atoms with E-state index < -0.39 is 11.7 Å². The summed E-state index contributed by atoms with van der Waals surface area (Å²) in [5, 5.41) is 0. The standard InChI is InChI=1S/C18H12BrF3N2O/c1-25-11-5-9-15-16(23-17-14(19)8-4-10-24(15)17)12-6-2-3-7-13(12)18(20,21)22/h2-4,6-8,10H,11H2,1H3. The van der Waals surface area contributed by atoms with Crippen molar-refractivity contribution in [2.45, 2.75) is 6.18 Å². The smallest absolute Gasteiger partial charge is 0.372 e. The van der Waals surface area contributed by atoms with Crippen molar-refractivity contribution >= 4 is 21.6 Å². The Morgan fingerprint density at radius 2 is 1.96 bits per heavy atom. The van der Waals surface area contributed by atoms with Gasteiger partial charge in [0.15, 0.2) is 5.65 Å². The van der Waals surface area contributed by atoms with Crippen molar-refractivity contribution in [2.24, 2.45) is 0 Å². The molecule has 7 heteroatoms. The van der Waals surface area contributed by atoms with Crippen molar-refractivity contribution in [2.75, 3.05) is 13.7 Å². The highest BCUT2D eigenvalue weighted by atomic mass is 79.9. The highest BCUT2D eigenvalue weighted by Gasteiger charge is 2.34. The van der Waals surface area contributed by atoms with E-state index in [0.717, 1.165) is 6.07 Å². The van der Waals surface area contributed by atoms with Gasteiger partial charge in [0.1, 0.15) is 18.0 Å². The van der Waals surface area contributed by atoms with Crippen LogP contribution in [0.25, 0.3) is 16.9 Å². The van der Waals surface area contributed by atoms with Crippen molar-refractivity contribution in [1.82, 2.24) is 9.38 Å². The molecule has 0 atom stereocenters. The van der Waals surface area contributed by atoms with E-state index in [1.54, 1.807) is 28.8 Å². The number of pyridine rings is 1. The van der Waals surface area contributed by atoms with Crippen LogP contribution in [0.15, 0.2) is 47.1 Å². The van der Waals surface area contributed by atoms with Gasteiger partial charge in [0.05, 0.1) is 10.0 Å². The molecule has 25 heavy (non-hydrogen) atoms. The van der Waals surface area contributed by atoms with Crippen LogP contribution in [-0.4, -0.2) is 23.1 Å². The second-order valence-corrected chi connectivity index (χ2v) is 5.99. The van der Waals surface area contributed by atoms with E-state index in [4.69, 9.17) is 4.74 Å². The van der Waals surface area contributed by atoms with Gasteiger partial charge in [0.25, 0.3) is 0 Å². The van der Waals surface area contributed by atoms with Crippen LogP contribution in [0.5, 0.6) is 0 Å². The van der Waals surface area contributed by atoms with Gasteiger partial charge in [-0.15, -0.1) is 0 Å². The summed E-state index contributed by atoms with van der Waals surface area (Å²) in [4.78, 5) is 4.41. The van der Waals surface area contributed by atoms with Crippen LogP contribution < -0.4 is 0 Å². The molecule has 0 aliphatic heterocycles. The minimum atomic E-state index is -4.49. The summed E-state index contributed by atoms with van der Waals surface area (Å²) in [5.41, 5.74) is 0.307. The number of rotatable bonds is 2. The molecule has 0 unspecified atom stereocenters. The molecule has 0 aliphatic carbocycles. The van der Waals surface area contributed by atoms with Gasteiger partial charge in [-0.2, -0.15) is 13.2 Å². The Balaban J connectivity index is 2.33. The summed E-state index contributed by atoms with van der Waals surface area (Å²) in [5.74, 6) is 5.67. The molecule has 0 bridgehead atoms. The summed E-state index contributed by atoms with van der Waals surface area (Å²) < 4.78 is 47.5. The van der Waals surface area contributed by atoms with Gasteiger partial charge >= 0.3 is 6.18 Å². The average Bonchev–Trinajstić information content (AvgIpc) is 2.95. The molecule has 0 saturated carbocycles. The van der Waals surface area contributed by atoms with Crippen molar-refractivity contribution in [3.05, 3.63) is 58.3 Å². The number of methoxy groups -OCH3 is 1. The SMILES string of the molecule is COCC#Cc1c(-c2ccccc2C(F)(F)F)nc2c(Br)cccn12. The maximum Gasteiger partial charge on any atom is 0.417 e. The number of ether oxygens (including phenoxy) is 1. The molecule has 0 aliphatic rings. The van der Waals surface area contributed by atoms with E-state index >= 15 is 0 Å². The number of alkyl halides is 3. The van der Waals surface area contributed by atoms with Gasteiger partial charge in [-0.05, 0) is 40.0 Å². The van der Waals surface area contributed by atoms with Gasteiger partial charge in [0.2, 0.25) is 0 Å². The van der Waals surface area contributed by atoms with Crippen molar-refractivity contribution < 1.29 is 17.9 Å². The van der Waals surface area contributed by atoms with Crippen LogP contribution in [0.4, 0.5) is 13.2 Å². The largest absolute Gasteiger partial charge is 0.417 e. The van der Waals surface area contributed by atoms with E-state index in [-0.39, 0.29) is 17.9 Å². The minimum Gasteiger partial charge on any atom is -0.372 e. The Morgan fingerprint density at radius 3 is 2.68 bits per heavy atom. The molecule has 3 nitrogen and oxygen atoms in total. The van der Waals surface area contributed by atoms with Crippen LogP contribution in [0, 0.1) is 11.8 Å². The molecule has 3 aromatic rings. The lowest BCUT2D eigenvalue weighted by atomic mass is 10.0. The number of imidazole rings is 1. The molecular weight excluding hydrogens is 397 g/mol. The lowest BCUT2D eigenvalue weighted by molar-refractivity contribution is -0.137. The zero-order chi connectivity index (χ0) is 18.0. The summed E-state index contributed by atoms with van der Waals surface area (Å²) in [7, 11) is 1.50. The molecule has 0 spiro atoms. The maximum atomic E-state index is 13.4. The third-order valence-corrected chi connectivity index (χ3v) is 4.13. The first kappa shape index (κ1) is 17.5. The lowest BCUT2D eigenvalue weighted by Crippen LogP contribution is -2.07. The molecule has 2 aromatic heterocycles.